The molecule has 0 spiro atoms. The molecule has 1 heterocycles. The van der Waals surface area contributed by atoms with Gasteiger partial charge in [0.05, 0.1) is 13.2 Å². The maximum Gasteiger partial charge on any atom is 0.409 e. The Bertz CT molecular complexity index is 1720. The second-order valence-electron chi connectivity index (χ2n) is 11.7. The molecule has 0 fully saturated rings. The van der Waals surface area contributed by atoms with Gasteiger partial charge >= 0.3 is 12.1 Å². The Morgan fingerprint density at radius 2 is 1.75 bits per heavy atom. The predicted molar refractivity (Wildman–Crippen MR) is 190 cm³/mol. The fourth-order valence-electron chi connectivity index (χ4n) is 5.36. The van der Waals surface area contributed by atoms with Gasteiger partial charge in [-0.25, -0.2) is 9.59 Å². The molecule has 4 rings (SSSR count). The average Bonchev–Trinajstić information content (AvgIpc) is 3.45. The first-order valence-electron chi connectivity index (χ1n) is 16.3. The number of carbonyl (C=O) groups excluding carboxylic acids is 6. The highest BCUT2D eigenvalue weighted by Crippen LogP contribution is 2.27. The molecular weight excluding hydrogens is 680 g/mol. The number of carbonyl (C=O) groups is 6. The third kappa shape index (κ3) is 11.0. The zero-order valence-corrected chi connectivity index (χ0v) is 29.2. The molecule has 3 aromatic rings. The van der Waals surface area contributed by atoms with Crippen molar-refractivity contribution in [3.8, 4) is 0 Å². The van der Waals surface area contributed by atoms with Gasteiger partial charge in [0.1, 0.15) is 18.9 Å². The topological polar surface area (TPSA) is 175 Å². The van der Waals surface area contributed by atoms with Crippen LogP contribution in [-0.4, -0.2) is 86.3 Å². The van der Waals surface area contributed by atoms with Crippen molar-refractivity contribution < 1.29 is 38.2 Å². The molecule has 4 N–H and O–H groups in total. The van der Waals surface area contributed by atoms with Crippen molar-refractivity contribution in [3.05, 3.63) is 93.5 Å². The number of hydrogen-bond acceptors (Lipinski definition) is 8. The van der Waals surface area contributed by atoms with Gasteiger partial charge in [-0.05, 0) is 65.4 Å². The van der Waals surface area contributed by atoms with Crippen LogP contribution in [0.4, 0.5) is 21.0 Å². The number of fused-ring (bicyclic) bond motifs is 1. The molecule has 270 valence electrons. The Kier molecular flexibility index (Phi) is 14.3. The van der Waals surface area contributed by atoms with Crippen LogP contribution in [0.1, 0.15) is 45.5 Å². The van der Waals surface area contributed by atoms with Crippen LogP contribution >= 0.6 is 11.6 Å². The predicted octanol–water partition coefficient (Wildman–Crippen LogP) is 4.11. The van der Waals surface area contributed by atoms with Gasteiger partial charge in [0, 0.05) is 62.1 Å². The summed E-state index contributed by atoms with van der Waals surface area (Å²) < 4.78 is 11.0. The minimum Gasteiger partial charge on any atom is -0.445 e. The van der Waals surface area contributed by atoms with E-state index in [-0.39, 0.29) is 44.4 Å². The smallest absolute Gasteiger partial charge is 0.409 e. The van der Waals surface area contributed by atoms with Crippen LogP contribution in [0.25, 0.3) is 0 Å². The van der Waals surface area contributed by atoms with Gasteiger partial charge in [-0.2, -0.15) is 0 Å². The second-order valence-corrected chi connectivity index (χ2v) is 12.1. The van der Waals surface area contributed by atoms with Crippen LogP contribution in [0.5, 0.6) is 0 Å². The van der Waals surface area contributed by atoms with Gasteiger partial charge in [-0.3, -0.25) is 14.4 Å². The van der Waals surface area contributed by atoms with Crippen LogP contribution in [0.2, 0.25) is 5.02 Å². The minimum absolute atomic E-state index is 0.0988. The second kappa shape index (κ2) is 19.1. The number of ether oxygens (including phenoxy) is 2. The van der Waals surface area contributed by atoms with Crippen molar-refractivity contribution >= 4 is 59.6 Å². The summed E-state index contributed by atoms with van der Waals surface area (Å²) in [7, 11) is 3.11. The van der Waals surface area contributed by atoms with Crippen molar-refractivity contribution in [1.29, 1.82) is 0 Å². The van der Waals surface area contributed by atoms with Crippen LogP contribution in [0.3, 0.4) is 0 Å². The number of anilines is 2. The number of likely N-dealkylation sites (N-methyl/N-ethyl adjacent to an activating group) is 2. The Morgan fingerprint density at radius 3 is 2.45 bits per heavy atom. The van der Waals surface area contributed by atoms with Crippen LogP contribution in [0, 0.1) is 0 Å². The number of nitrogens with zero attached hydrogens (tertiary/aromatic N) is 2. The third-order valence-corrected chi connectivity index (χ3v) is 8.54. The van der Waals surface area contributed by atoms with Gasteiger partial charge < -0.3 is 45.3 Å². The van der Waals surface area contributed by atoms with Crippen LogP contribution in [0.15, 0.2) is 60.7 Å². The highest BCUT2D eigenvalue weighted by atomic mass is 35.5. The van der Waals surface area contributed by atoms with E-state index in [4.69, 9.17) is 21.1 Å². The van der Waals surface area contributed by atoms with Crippen molar-refractivity contribution in [1.82, 2.24) is 20.4 Å². The summed E-state index contributed by atoms with van der Waals surface area (Å²) in [5, 5.41) is 11.1. The molecule has 0 saturated carbocycles. The first-order chi connectivity index (χ1) is 24.6. The summed E-state index contributed by atoms with van der Waals surface area (Å²) in [6.45, 7) is 1.52. The lowest BCUT2D eigenvalue weighted by molar-refractivity contribution is -0.125. The number of rotatable bonds is 18. The fraction of sp³-hybridized carbons (Fsp3) is 0.333. The number of amides is 6. The highest BCUT2D eigenvalue weighted by molar-refractivity contribution is 6.31. The number of urea groups is 1. The molecule has 14 nitrogen and oxygen atoms in total. The number of nitrogens with one attached hydrogen (secondary N) is 4. The SMILES string of the molecule is CNC(=O)C(CCC=O)N1Cc2cc(CNC(=O)Nc3ccc(CCOCCN(C)C(=O)OCc4ccc(NC=O)cc4)c(Cl)c3)ccc2C1=O. The van der Waals surface area contributed by atoms with Crippen molar-refractivity contribution in [2.24, 2.45) is 0 Å². The van der Waals surface area contributed by atoms with Gasteiger partial charge in [-0.1, -0.05) is 41.9 Å². The van der Waals surface area contributed by atoms with Crippen LogP contribution < -0.4 is 21.3 Å². The summed E-state index contributed by atoms with van der Waals surface area (Å²) in [6.07, 6.45) is 1.75. The van der Waals surface area contributed by atoms with E-state index in [1.54, 1.807) is 61.6 Å². The standard InChI is InChI=1S/C36H41ClN6O8/c1-38-33(46)32(4-3-15-44)43-21-27-18-25(7-12-30(27)34(43)47)20-39-35(48)41-29-11-8-26(31(37)19-29)13-16-50-17-14-42(2)36(49)51-22-24-5-9-28(10-6-24)40-23-45/h5-12,15,18-19,23,32H,3-4,13-14,16-17,20-22H2,1-2H3,(H,38,46)(H,40,45)(H2,39,41,48). The van der Waals surface area contributed by atoms with E-state index >= 15 is 0 Å². The summed E-state index contributed by atoms with van der Waals surface area (Å²) >= 11 is 6.47. The molecule has 51 heavy (non-hydrogen) atoms. The molecule has 1 aliphatic rings. The van der Waals surface area contributed by atoms with Gasteiger partial charge in [-0.15, -0.1) is 0 Å². The molecule has 1 unspecified atom stereocenters. The first-order valence-corrected chi connectivity index (χ1v) is 16.7. The Balaban J connectivity index is 1.16. The fourth-order valence-corrected chi connectivity index (χ4v) is 5.64. The maximum atomic E-state index is 13.0. The molecule has 3 aromatic carbocycles. The van der Waals surface area contributed by atoms with E-state index in [9.17, 15) is 28.8 Å². The number of halogens is 1. The van der Waals surface area contributed by atoms with E-state index in [1.807, 2.05) is 6.07 Å². The van der Waals surface area contributed by atoms with E-state index in [0.29, 0.717) is 54.6 Å². The lowest BCUT2D eigenvalue weighted by atomic mass is 10.1. The zero-order valence-electron chi connectivity index (χ0n) is 28.4. The lowest BCUT2D eigenvalue weighted by Gasteiger charge is -2.25. The molecule has 0 radical (unpaired) electrons. The van der Waals surface area contributed by atoms with Gasteiger partial charge in [0.15, 0.2) is 0 Å². The Hall–Kier alpha value is -5.47. The molecular formula is C36H41ClN6O8. The molecule has 1 aliphatic heterocycles. The molecule has 0 saturated heterocycles. The van der Waals surface area contributed by atoms with E-state index < -0.39 is 18.2 Å². The minimum atomic E-state index is -0.751. The largest absolute Gasteiger partial charge is 0.445 e. The van der Waals surface area contributed by atoms with Crippen molar-refractivity contribution in [3.63, 3.8) is 0 Å². The quantitative estimate of drug-likeness (QED) is 0.112. The zero-order chi connectivity index (χ0) is 36.8. The summed E-state index contributed by atoms with van der Waals surface area (Å²) in [4.78, 5) is 74.6. The number of aldehydes is 1. The third-order valence-electron chi connectivity index (χ3n) is 8.19. The lowest BCUT2D eigenvalue weighted by Crippen LogP contribution is -2.46. The van der Waals surface area contributed by atoms with Crippen molar-refractivity contribution in [2.45, 2.75) is 45.0 Å². The van der Waals surface area contributed by atoms with Gasteiger partial charge in [0.25, 0.3) is 5.91 Å². The maximum absolute atomic E-state index is 13.0. The molecule has 15 heteroatoms. The molecule has 0 aromatic heterocycles. The number of hydrogen-bond donors (Lipinski definition) is 4. The van der Waals surface area contributed by atoms with Gasteiger partial charge in [0.2, 0.25) is 12.3 Å². The monoisotopic (exact) mass is 720 g/mol. The van der Waals surface area contributed by atoms with E-state index in [1.165, 1.54) is 16.8 Å². The molecule has 6 amide bonds. The molecule has 0 bridgehead atoms. The van der Waals surface area contributed by atoms with E-state index in [0.717, 1.165) is 28.5 Å². The molecule has 0 aliphatic carbocycles. The summed E-state index contributed by atoms with van der Waals surface area (Å²) in [5.74, 6) is -0.602. The Labute approximate surface area is 300 Å². The number of benzene rings is 3. The average molecular weight is 721 g/mol. The van der Waals surface area contributed by atoms with Crippen molar-refractivity contribution in [2.75, 3.05) is 44.5 Å². The van der Waals surface area contributed by atoms with Crippen LogP contribution in [-0.2, 0) is 50.0 Å². The summed E-state index contributed by atoms with van der Waals surface area (Å²) in [5.41, 5.74) is 4.77. The highest BCUT2D eigenvalue weighted by Gasteiger charge is 2.35. The normalized spacial score (nSPS) is 12.4. The molecule has 1 atom stereocenters. The summed E-state index contributed by atoms with van der Waals surface area (Å²) in [6, 6.07) is 16.2. The Morgan fingerprint density at radius 1 is 1.00 bits per heavy atom. The van der Waals surface area contributed by atoms with E-state index in [2.05, 4.69) is 21.3 Å². The first kappa shape index (κ1) is 38.3.